The quantitative estimate of drug-likeness (QED) is 0.706. The normalized spacial score (nSPS) is 39.1. The van der Waals surface area contributed by atoms with Crippen LogP contribution in [0.25, 0.3) is 0 Å². The molecule has 3 atom stereocenters. The van der Waals surface area contributed by atoms with Crippen molar-refractivity contribution in [1.82, 2.24) is 10.2 Å². The number of likely N-dealkylation sites (tertiary alicyclic amines) is 1. The van der Waals surface area contributed by atoms with Crippen molar-refractivity contribution < 1.29 is 9.90 Å². The van der Waals surface area contributed by atoms with E-state index in [1.54, 1.807) is 0 Å². The Kier molecular flexibility index (Phi) is 3.73. The zero-order valence-corrected chi connectivity index (χ0v) is 10.9. The van der Waals surface area contributed by atoms with Gasteiger partial charge in [0.25, 0.3) is 0 Å². The molecule has 1 amide bonds. The first-order valence-electron chi connectivity index (χ1n) is 6.70. The molecule has 0 radical (unpaired) electrons. The van der Waals surface area contributed by atoms with E-state index in [-0.39, 0.29) is 11.8 Å². The van der Waals surface area contributed by atoms with Crippen molar-refractivity contribution in [3.05, 3.63) is 0 Å². The lowest BCUT2D eigenvalue weighted by Gasteiger charge is -2.39. The fraction of sp³-hybridized carbons (Fsp3) is 0.923. The number of nitrogens with one attached hydrogen (secondary N) is 1. The molecular weight excluding hydrogens is 216 g/mol. The van der Waals surface area contributed by atoms with Crippen molar-refractivity contribution >= 4 is 5.91 Å². The van der Waals surface area contributed by atoms with Gasteiger partial charge in [0.2, 0.25) is 5.91 Å². The first kappa shape index (κ1) is 12.8. The van der Waals surface area contributed by atoms with Crippen LogP contribution in [-0.2, 0) is 4.79 Å². The van der Waals surface area contributed by atoms with Crippen molar-refractivity contribution in [2.45, 2.75) is 38.7 Å². The average Bonchev–Trinajstić information content (AvgIpc) is 2.26. The lowest BCUT2D eigenvalue weighted by Crippen LogP contribution is -2.52. The maximum Gasteiger partial charge on any atom is 0.227 e. The fourth-order valence-corrected chi connectivity index (χ4v) is 3.01. The summed E-state index contributed by atoms with van der Waals surface area (Å²) in [5, 5.41) is 13.3. The lowest BCUT2D eigenvalue weighted by molar-refractivity contribution is -0.142. The Labute approximate surface area is 103 Å². The van der Waals surface area contributed by atoms with Gasteiger partial charge in [-0.05, 0) is 38.6 Å². The Bertz CT molecular complexity index is 291. The van der Waals surface area contributed by atoms with Gasteiger partial charge in [-0.15, -0.1) is 0 Å². The molecule has 2 aliphatic rings. The Morgan fingerprint density at radius 3 is 2.88 bits per heavy atom. The third-order valence-corrected chi connectivity index (χ3v) is 3.91. The predicted molar refractivity (Wildman–Crippen MR) is 66.6 cm³/mol. The zero-order chi connectivity index (χ0) is 12.5. The first-order valence-corrected chi connectivity index (χ1v) is 6.70. The van der Waals surface area contributed by atoms with E-state index >= 15 is 0 Å². The standard InChI is InChI=1S/C13H24N2O2/c1-10-6-11(8-14-7-10)12(16)15-5-3-4-13(2,17)9-15/h10-11,14,17H,3-9H2,1-2H3. The SMILES string of the molecule is CC1CNCC(C(=O)N2CCCC(C)(O)C2)C1. The van der Waals surface area contributed by atoms with Crippen LogP contribution in [-0.4, -0.2) is 47.7 Å². The molecule has 2 heterocycles. The van der Waals surface area contributed by atoms with Crippen molar-refractivity contribution in [1.29, 1.82) is 0 Å². The number of aliphatic hydroxyl groups is 1. The Balaban J connectivity index is 1.94. The summed E-state index contributed by atoms with van der Waals surface area (Å²) in [7, 11) is 0. The maximum atomic E-state index is 12.4. The summed E-state index contributed by atoms with van der Waals surface area (Å²) in [6.07, 6.45) is 2.69. The van der Waals surface area contributed by atoms with Gasteiger partial charge in [0.05, 0.1) is 11.5 Å². The van der Waals surface area contributed by atoms with Crippen molar-refractivity contribution in [3.63, 3.8) is 0 Å². The van der Waals surface area contributed by atoms with E-state index in [1.807, 2.05) is 11.8 Å². The summed E-state index contributed by atoms with van der Waals surface area (Å²) < 4.78 is 0. The second-order valence-electron chi connectivity index (χ2n) is 6.06. The van der Waals surface area contributed by atoms with Crippen LogP contribution in [0.5, 0.6) is 0 Å². The Morgan fingerprint density at radius 2 is 2.24 bits per heavy atom. The minimum absolute atomic E-state index is 0.104. The van der Waals surface area contributed by atoms with Gasteiger partial charge < -0.3 is 15.3 Å². The highest BCUT2D eigenvalue weighted by Crippen LogP contribution is 2.24. The molecule has 2 saturated heterocycles. The highest BCUT2D eigenvalue weighted by Gasteiger charge is 2.35. The first-order chi connectivity index (χ1) is 7.98. The molecule has 0 aromatic carbocycles. The summed E-state index contributed by atoms with van der Waals surface area (Å²) in [5.74, 6) is 0.902. The molecule has 3 unspecified atom stereocenters. The van der Waals surface area contributed by atoms with Crippen LogP contribution in [0, 0.1) is 11.8 Å². The number of hydrogen-bond acceptors (Lipinski definition) is 3. The van der Waals surface area contributed by atoms with Gasteiger partial charge >= 0.3 is 0 Å². The molecule has 0 aliphatic carbocycles. The summed E-state index contributed by atoms with van der Waals surface area (Å²) in [6, 6.07) is 0. The number of carbonyl (C=O) groups is 1. The van der Waals surface area contributed by atoms with Gasteiger partial charge in [-0.1, -0.05) is 6.92 Å². The molecule has 0 bridgehead atoms. The van der Waals surface area contributed by atoms with E-state index in [0.29, 0.717) is 12.5 Å². The minimum atomic E-state index is -0.693. The van der Waals surface area contributed by atoms with Crippen LogP contribution in [0.15, 0.2) is 0 Å². The number of piperidine rings is 2. The van der Waals surface area contributed by atoms with Gasteiger partial charge in [-0.25, -0.2) is 0 Å². The molecule has 2 aliphatic heterocycles. The monoisotopic (exact) mass is 240 g/mol. The van der Waals surface area contributed by atoms with Crippen molar-refractivity contribution in [3.8, 4) is 0 Å². The molecular formula is C13H24N2O2. The topological polar surface area (TPSA) is 52.6 Å². The second-order valence-corrected chi connectivity index (χ2v) is 6.06. The molecule has 2 rings (SSSR count). The number of carbonyl (C=O) groups excluding carboxylic acids is 1. The highest BCUT2D eigenvalue weighted by atomic mass is 16.3. The Hall–Kier alpha value is -0.610. The van der Waals surface area contributed by atoms with Crippen LogP contribution in [0.3, 0.4) is 0 Å². The molecule has 0 spiro atoms. The summed E-state index contributed by atoms with van der Waals surface area (Å²) >= 11 is 0. The number of rotatable bonds is 1. The van der Waals surface area contributed by atoms with Gasteiger partial charge in [0, 0.05) is 19.6 Å². The lowest BCUT2D eigenvalue weighted by atomic mass is 9.89. The van der Waals surface area contributed by atoms with Gasteiger partial charge in [-0.3, -0.25) is 4.79 Å². The van der Waals surface area contributed by atoms with E-state index in [1.165, 1.54) is 0 Å². The molecule has 17 heavy (non-hydrogen) atoms. The Morgan fingerprint density at radius 1 is 1.47 bits per heavy atom. The number of amides is 1. The maximum absolute atomic E-state index is 12.4. The van der Waals surface area contributed by atoms with Crippen LogP contribution >= 0.6 is 0 Å². The van der Waals surface area contributed by atoms with E-state index < -0.39 is 5.60 Å². The molecule has 0 aromatic heterocycles. The summed E-state index contributed by atoms with van der Waals surface area (Å²) in [4.78, 5) is 14.2. The minimum Gasteiger partial charge on any atom is -0.388 e. The van der Waals surface area contributed by atoms with Gasteiger partial charge in [0.15, 0.2) is 0 Å². The third-order valence-electron chi connectivity index (χ3n) is 3.91. The largest absolute Gasteiger partial charge is 0.388 e. The van der Waals surface area contributed by atoms with Crippen LogP contribution in [0.2, 0.25) is 0 Å². The molecule has 4 heteroatoms. The van der Waals surface area contributed by atoms with Crippen LogP contribution in [0.4, 0.5) is 0 Å². The van der Waals surface area contributed by atoms with E-state index in [9.17, 15) is 9.90 Å². The number of hydrogen-bond donors (Lipinski definition) is 2. The molecule has 0 aromatic rings. The fourth-order valence-electron chi connectivity index (χ4n) is 3.01. The summed E-state index contributed by atoms with van der Waals surface area (Å²) in [5.41, 5.74) is -0.693. The number of nitrogens with zero attached hydrogens (tertiary/aromatic N) is 1. The van der Waals surface area contributed by atoms with Crippen molar-refractivity contribution in [2.24, 2.45) is 11.8 Å². The van der Waals surface area contributed by atoms with E-state index in [0.717, 1.165) is 38.9 Å². The highest BCUT2D eigenvalue weighted by molar-refractivity contribution is 5.79. The predicted octanol–water partition coefficient (Wildman–Crippen LogP) is 0.605. The molecule has 0 saturated carbocycles. The third kappa shape index (κ3) is 3.19. The number of β-amino-alcohol motifs (C(OH)–C–C–N with tert-alkyl or cyclic N) is 1. The molecule has 2 N–H and O–H groups in total. The van der Waals surface area contributed by atoms with Crippen LogP contribution < -0.4 is 5.32 Å². The molecule has 4 nitrogen and oxygen atoms in total. The molecule has 2 fully saturated rings. The van der Waals surface area contributed by atoms with E-state index in [4.69, 9.17) is 0 Å². The average molecular weight is 240 g/mol. The van der Waals surface area contributed by atoms with E-state index in [2.05, 4.69) is 12.2 Å². The zero-order valence-electron chi connectivity index (χ0n) is 10.9. The van der Waals surface area contributed by atoms with Gasteiger partial charge in [-0.2, -0.15) is 0 Å². The summed E-state index contributed by atoms with van der Waals surface area (Å²) in [6.45, 7) is 7.12. The van der Waals surface area contributed by atoms with Gasteiger partial charge in [0.1, 0.15) is 0 Å². The molecule has 98 valence electrons. The second kappa shape index (κ2) is 4.94. The smallest absolute Gasteiger partial charge is 0.227 e. The van der Waals surface area contributed by atoms with Crippen LogP contribution in [0.1, 0.15) is 33.1 Å². The van der Waals surface area contributed by atoms with Crippen molar-refractivity contribution in [2.75, 3.05) is 26.2 Å².